The number of hydrogen-bond donors (Lipinski definition) is 1. The van der Waals surface area contributed by atoms with E-state index in [4.69, 9.17) is 4.74 Å². The number of anilines is 1. The second-order valence-electron chi connectivity index (χ2n) is 5.02. The molecule has 1 N–H and O–H groups in total. The molecule has 1 rings (SSSR count). The van der Waals surface area contributed by atoms with Crippen LogP contribution in [-0.2, 0) is 9.53 Å². The minimum atomic E-state index is -0.326. The minimum Gasteiger partial charge on any atom is -0.461 e. The van der Waals surface area contributed by atoms with Crippen LogP contribution in [0, 0.1) is 5.92 Å². The first-order valence-corrected chi connectivity index (χ1v) is 8.31. The molecule has 0 saturated carbocycles. The van der Waals surface area contributed by atoms with Crippen molar-refractivity contribution in [3.63, 3.8) is 0 Å². The van der Waals surface area contributed by atoms with Crippen molar-refractivity contribution in [1.29, 1.82) is 0 Å². The van der Waals surface area contributed by atoms with Gasteiger partial charge >= 0.3 is 5.97 Å². The van der Waals surface area contributed by atoms with Crippen LogP contribution in [0.4, 0.5) is 5.69 Å². The second-order valence-corrected chi connectivity index (χ2v) is 5.87. The summed E-state index contributed by atoms with van der Waals surface area (Å²) < 4.78 is 5.75. The van der Waals surface area contributed by atoms with Crippen molar-refractivity contribution in [1.82, 2.24) is 0 Å². The molecule has 3 nitrogen and oxygen atoms in total. The van der Waals surface area contributed by atoms with Crippen LogP contribution in [0.2, 0.25) is 0 Å². The Morgan fingerprint density at radius 3 is 2.67 bits per heavy atom. The summed E-state index contributed by atoms with van der Waals surface area (Å²) in [4.78, 5) is 11.9. The molecular weight excluding hydrogens is 330 g/mol. The third kappa shape index (κ3) is 7.32. The summed E-state index contributed by atoms with van der Waals surface area (Å²) in [6, 6.07) is 9.67. The average molecular weight is 354 g/mol. The number of carbonyl (C=O) groups is 1. The molecule has 0 amide bonds. The molecule has 1 unspecified atom stereocenters. The molecule has 0 aromatic heterocycles. The summed E-state index contributed by atoms with van der Waals surface area (Å²) in [6.45, 7) is 4.80. The molecule has 21 heavy (non-hydrogen) atoms. The second kappa shape index (κ2) is 10.4. The number of rotatable bonds is 9. The Morgan fingerprint density at radius 2 is 2.05 bits per heavy atom. The predicted octanol–water partition coefficient (Wildman–Crippen LogP) is 5.09. The maximum absolute atomic E-state index is 11.9. The third-order valence-corrected chi connectivity index (χ3v) is 3.88. The molecule has 1 aromatic rings. The number of halogens is 1. The molecular formula is C17H24BrNO2. The van der Waals surface area contributed by atoms with Crippen molar-refractivity contribution in [3.8, 4) is 0 Å². The number of unbranched alkanes of at least 4 members (excludes halogenated alkanes) is 1. The summed E-state index contributed by atoms with van der Waals surface area (Å²) in [5.41, 5.74) is 0.927. The first kappa shape index (κ1) is 17.8. The number of ether oxygens (including phenoxy) is 1. The lowest BCUT2D eigenvalue weighted by atomic mass is 10.0. The van der Waals surface area contributed by atoms with Crippen molar-refractivity contribution in [2.45, 2.75) is 39.5 Å². The van der Waals surface area contributed by atoms with Crippen LogP contribution in [0.25, 0.3) is 0 Å². The van der Waals surface area contributed by atoms with Crippen molar-refractivity contribution in [2.75, 3.05) is 11.9 Å². The number of nitrogens with one attached hydrogen (secondary N) is 1. The van der Waals surface area contributed by atoms with E-state index < -0.39 is 0 Å². The van der Waals surface area contributed by atoms with Gasteiger partial charge in [-0.05, 0) is 40.4 Å². The quantitative estimate of drug-likeness (QED) is 0.496. The van der Waals surface area contributed by atoms with Crippen molar-refractivity contribution in [3.05, 3.63) is 41.0 Å². The SMILES string of the molecule is CCCCC(CC)COC(=O)/C(Br)=C/Nc1ccccc1. The summed E-state index contributed by atoms with van der Waals surface area (Å²) in [7, 11) is 0. The van der Waals surface area contributed by atoms with E-state index in [9.17, 15) is 4.79 Å². The Balaban J connectivity index is 2.39. The zero-order valence-electron chi connectivity index (χ0n) is 12.8. The van der Waals surface area contributed by atoms with Crippen LogP contribution in [0.15, 0.2) is 41.0 Å². The van der Waals surface area contributed by atoms with Gasteiger partial charge in [-0.2, -0.15) is 0 Å². The fourth-order valence-corrected chi connectivity index (χ4v) is 2.13. The highest BCUT2D eigenvalue weighted by Gasteiger charge is 2.12. The first-order valence-electron chi connectivity index (χ1n) is 7.51. The fourth-order valence-electron chi connectivity index (χ4n) is 1.90. The van der Waals surface area contributed by atoms with E-state index in [2.05, 4.69) is 35.1 Å². The molecule has 0 radical (unpaired) electrons. The van der Waals surface area contributed by atoms with Gasteiger partial charge in [0.25, 0.3) is 0 Å². The van der Waals surface area contributed by atoms with Crippen LogP contribution in [0.5, 0.6) is 0 Å². The highest BCUT2D eigenvalue weighted by Crippen LogP contribution is 2.15. The molecule has 0 aliphatic carbocycles. The van der Waals surface area contributed by atoms with Crippen LogP contribution in [-0.4, -0.2) is 12.6 Å². The van der Waals surface area contributed by atoms with Gasteiger partial charge in [0.2, 0.25) is 0 Å². The van der Waals surface area contributed by atoms with Gasteiger partial charge in [0.1, 0.15) is 4.48 Å². The third-order valence-electron chi connectivity index (χ3n) is 3.33. The van der Waals surface area contributed by atoms with Gasteiger partial charge in [-0.25, -0.2) is 4.79 Å². The van der Waals surface area contributed by atoms with Gasteiger partial charge < -0.3 is 10.1 Å². The van der Waals surface area contributed by atoms with Gasteiger partial charge in [0.15, 0.2) is 0 Å². The highest BCUT2D eigenvalue weighted by atomic mass is 79.9. The molecule has 0 heterocycles. The van der Waals surface area contributed by atoms with Gasteiger partial charge in [-0.3, -0.25) is 0 Å². The Kier molecular flexibility index (Phi) is 8.83. The minimum absolute atomic E-state index is 0.326. The Morgan fingerprint density at radius 1 is 1.33 bits per heavy atom. The standard InChI is InChI=1S/C17H24BrNO2/c1-3-5-9-14(4-2)13-21-17(20)16(18)12-19-15-10-7-6-8-11-15/h6-8,10-12,14,19H,3-5,9,13H2,1-2H3/b16-12-. The molecule has 116 valence electrons. The number of benzene rings is 1. The smallest absolute Gasteiger partial charge is 0.346 e. The van der Waals surface area contributed by atoms with E-state index in [1.54, 1.807) is 6.20 Å². The Hall–Kier alpha value is -1.29. The summed E-state index contributed by atoms with van der Waals surface area (Å²) >= 11 is 3.25. The zero-order chi connectivity index (χ0) is 15.5. The molecule has 1 aromatic carbocycles. The molecule has 0 spiro atoms. The molecule has 0 aliphatic rings. The monoisotopic (exact) mass is 353 g/mol. The number of esters is 1. The van der Waals surface area contributed by atoms with Crippen LogP contribution < -0.4 is 5.32 Å². The van der Waals surface area contributed by atoms with E-state index in [0.717, 1.165) is 18.5 Å². The maximum atomic E-state index is 11.9. The lowest BCUT2D eigenvalue weighted by Gasteiger charge is -2.14. The van der Waals surface area contributed by atoms with Gasteiger partial charge in [-0.15, -0.1) is 0 Å². The van der Waals surface area contributed by atoms with E-state index in [1.165, 1.54) is 12.8 Å². The summed E-state index contributed by atoms with van der Waals surface area (Å²) in [5, 5.41) is 3.05. The van der Waals surface area contributed by atoms with E-state index in [0.29, 0.717) is 17.0 Å². The molecule has 0 fully saturated rings. The maximum Gasteiger partial charge on any atom is 0.346 e. The Labute approximate surface area is 135 Å². The lowest BCUT2D eigenvalue weighted by Crippen LogP contribution is -2.14. The fraction of sp³-hybridized carbons (Fsp3) is 0.471. The molecule has 1 atom stereocenters. The van der Waals surface area contributed by atoms with Crippen molar-refractivity contribution >= 4 is 27.6 Å². The van der Waals surface area contributed by atoms with Crippen LogP contribution in [0.3, 0.4) is 0 Å². The average Bonchev–Trinajstić information content (AvgIpc) is 2.53. The van der Waals surface area contributed by atoms with Crippen LogP contribution >= 0.6 is 15.9 Å². The lowest BCUT2D eigenvalue weighted by molar-refractivity contribution is -0.139. The van der Waals surface area contributed by atoms with Crippen LogP contribution in [0.1, 0.15) is 39.5 Å². The predicted molar refractivity (Wildman–Crippen MR) is 91.3 cm³/mol. The van der Waals surface area contributed by atoms with Gasteiger partial charge in [0, 0.05) is 11.9 Å². The van der Waals surface area contributed by atoms with Crippen molar-refractivity contribution < 1.29 is 9.53 Å². The highest BCUT2D eigenvalue weighted by molar-refractivity contribution is 9.12. The normalized spacial score (nSPS) is 12.8. The number of carbonyl (C=O) groups excluding carboxylic acids is 1. The summed E-state index contributed by atoms with van der Waals surface area (Å²) in [6.07, 6.45) is 6.13. The van der Waals surface area contributed by atoms with Gasteiger partial charge in [0.05, 0.1) is 6.61 Å². The van der Waals surface area contributed by atoms with Crippen molar-refractivity contribution in [2.24, 2.45) is 5.92 Å². The molecule has 0 saturated heterocycles. The van der Waals surface area contributed by atoms with Gasteiger partial charge in [-0.1, -0.05) is 51.3 Å². The van der Waals surface area contributed by atoms with E-state index in [-0.39, 0.29) is 5.97 Å². The first-order chi connectivity index (χ1) is 10.2. The number of hydrogen-bond acceptors (Lipinski definition) is 3. The largest absolute Gasteiger partial charge is 0.461 e. The summed E-state index contributed by atoms with van der Waals surface area (Å²) in [5.74, 6) is 0.129. The molecule has 0 bridgehead atoms. The number of para-hydroxylation sites is 1. The van der Waals surface area contributed by atoms with E-state index >= 15 is 0 Å². The zero-order valence-corrected chi connectivity index (χ0v) is 14.4. The Bertz CT molecular complexity index is 445. The topological polar surface area (TPSA) is 38.3 Å². The molecule has 0 aliphatic heterocycles. The van der Waals surface area contributed by atoms with E-state index in [1.807, 2.05) is 30.3 Å². The molecule has 4 heteroatoms.